The summed E-state index contributed by atoms with van der Waals surface area (Å²) in [5.41, 5.74) is 3.66. The van der Waals surface area contributed by atoms with Crippen molar-refractivity contribution in [2.24, 2.45) is 7.05 Å². The Bertz CT molecular complexity index is 809. The Morgan fingerprint density at radius 2 is 1.90 bits per heavy atom. The molecule has 2 heterocycles. The van der Waals surface area contributed by atoms with Gasteiger partial charge >= 0.3 is 0 Å². The number of nitrogens with zero attached hydrogens (tertiary/aromatic N) is 2. The van der Waals surface area contributed by atoms with Crippen molar-refractivity contribution in [1.29, 1.82) is 0 Å². The van der Waals surface area contributed by atoms with Crippen LogP contribution in [0.25, 0.3) is 23.1 Å². The Balaban J connectivity index is 2.05. The molecule has 3 rings (SSSR count). The standard InChI is InChI=1S/C19H19N2/c1-3-13-21-15-16(18-9-4-5-10-19(18)21)11-12-17-8-6-7-14-20(17)2/h3-12,14-15H,1,13H2,2H3/q+1. The van der Waals surface area contributed by atoms with E-state index >= 15 is 0 Å². The Labute approximate surface area is 125 Å². The molecule has 0 aliphatic carbocycles. The van der Waals surface area contributed by atoms with Crippen LogP contribution in [0, 0.1) is 0 Å². The van der Waals surface area contributed by atoms with Crippen molar-refractivity contribution in [1.82, 2.24) is 4.57 Å². The van der Waals surface area contributed by atoms with Crippen LogP contribution in [0.15, 0.2) is 67.5 Å². The van der Waals surface area contributed by atoms with E-state index < -0.39 is 0 Å². The van der Waals surface area contributed by atoms with Crippen molar-refractivity contribution in [3.63, 3.8) is 0 Å². The minimum atomic E-state index is 0.827. The van der Waals surface area contributed by atoms with Gasteiger partial charge in [-0.05, 0) is 18.2 Å². The number of hydrogen-bond donors (Lipinski definition) is 0. The summed E-state index contributed by atoms with van der Waals surface area (Å²) in [6.45, 7) is 4.66. The summed E-state index contributed by atoms with van der Waals surface area (Å²) in [7, 11) is 2.06. The van der Waals surface area contributed by atoms with Gasteiger partial charge in [0.05, 0.1) is 0 Å². The highest BCUT2D eigenvalue weighted by molar-refractivity contribution is 5.91. The number of fused-ring (bicyclic) bond motifs is 1. The summed E-state index contributed by atoms with van der Waals surface area (Å²) in [6, 6.07) is 14.7. The highest BCUT2D eigenvalue weighted by Crippen LogP contribution is 2.23. The zero-order valence-corrected chi connectivity index (χ0v) is 12.2. The first-order valence-corrected chi connectivity index (χ1v) is 7.11. The SMILES string of the molecule is C=CCn1cc(/C=C/c2cccc[n+]2C)c2ccccc21. The van der Waals surface area contributed by atoms with Gasteiger partial charge in [-0.1, -0.05) is 24.3 Å². The van der Waals surface area contributed by atoms with Crippen molar-refractivity contribution in [3.05, 3.63) is 78.8 Å². The summed E-state index contributed by atoms with van der Waals surface area (Å²) >= 11 is 0. The zero-order valence-electron chi connectivity index (χ0n) is 12.2. The van der Waals surface area contributed by atoms with Crippen molar-refractivity contribution in [2.75, 3.05) is 0 Å². The highest BCUT2D eigenvalue weighted by atomic mass is 14.9. The lowest BCUT2D eigenvalue weighted by Crippen LogP contribution is -2.30. The highest BCUT2D eigenvalue weighted by Gasteiger charge is 2.05. The normalized spacial score (nSPS) is 11.3. The molecule has 0 unspecified atom stereocenters. The van der Waals surface area contributed by atoms with Gasteiger partial charge in [0.1, 0.15) is 7.05 Å². The van der Waals surface area contributed by atoms with Crippen LogP contribution in [0.1, 0.15) is 11.3 Å². The summed E-state index contributed by atoms with van der Waals surface area (Å²) in [5, 5.41) is 1.27. The minimum Gasteiger partial charge on any atom is -0.343 e. The second kappa shape index (κ2) is 5.80. The Morgan fingerprint density at radius 1 is 1.10 bits per heavy atom. The van der Waals surface area contributed by atoms with Gasteiger partial charge < -0.3 is 4.57 Å². The molecule has 0 saturated carbocycles. The average molecular weight is 275 g/mol. The molecule has 2 aromatic heterocycles. The lowest BCUT2D eigenvalue weighted by atomic mass is 10.1. The number of pyridine rings is 1. The predicted octanol–water partition coefficient (Wildman–Crippen LogP) is 3.82. The van der Waals surface area contributed by atoms with Crippen LogP contribution in [-0.2, 0) is 13.6 Å². The van der Waals surface area contributed by atoms with Crippen molar-refractivity contribution >= 4 is 23.1 Å². The zero-order chi connectivity index (χ0) is 14.7. The van der Waals surface area contributed by atoms with Crippen LogP contribution in [0.5, 0.6) is 0 Å². The molecule has 0 fully saturated rings. The number of aromatic nitrogens is 2. The molecule has 0 spiro atoms. The van der Waals surface area contributed by atoms with E-state index in [1.54, 1.807) is 0 Å². The third-order valence-corrected chi connectivity index (χ3v) is 3.67. The van der Waals surface area contributed by atoms with E-state index in [0.717, 1.165) is 6.54 Å². The molecule has 2 heteroatoms. The average Bonchev–Trinajstić information content (AvgIpc) is 2.85. The van der Waals surface area contributed by atoms with Gasteiger partial charge in [0.25, 0.3) is 0 Å². The first kappa shape index (κ1) is 13.4. The third kappa shape index (κ3) is 2.65. The molecule has 0 amide bonds. The fourth-order valence-electron chi connectivity index (χ4n) is 2.58. The largest absolute Gasteiger partial charge is 0.343 e. The van der Waals surface area contributed by atoms with Crippen LogP contribution in [0.2, 0.25) is 0 Å². The molecule has 0 atom stereocenters. The molecule has 0 bridgehead atoms. The van der Waals surface area contributed by atoms with Gasteiger partial charge in [-0.3, -0.25) is 0 Å². The lowest BCUT2D eigenvalue weighted by Gasteiger charge is -1.98. The molecule has 21 heavy (non-hydrogen) atoms. The molecule has 0 radical (unpaired) electrons. The molecule has 0 saturated heterocycles. The second-order valence-electron chi connectivity index (χ2n) is 5.11. The second-order valence-corrected chi connectivity index (χ2v) is 5.11. The smallest absolute Gasteiger partial charge is 0.204 e. The Morgan fingerprint density at radius 3 is 2.71 bits per heavy atom. The van der Waals surface area contributed by atoms with E-state index in [1.165, 1.54) is 22.2 Å². The summed E-state index contributed by atoms with van der Waals surface area (Å²) in [5.74, 6) is 0. The number of aryl methyl sites for hydroxylation is 1. The van der Waals surface area contributed by atoms with Crippen LogP contribution in [0.3, 0.4) is 0 Å². The third-order valence-electron chi connectivity index (χ3n) is 3.67. The van der Waals surface area contributed by atoms with E-state index in [1.807, 2.05) is 12.1 Å². The van der Waals surface area contributed by atoms with Gasteiger partial charge in [-0.15, -0.1) is 6.58 Å². The first-order valence-electron chi connectivity index (χ1n) is 7.11. The van der Waals surface area contributed by atoms with Crippen LogP contribution in [0.4, 0.5) is 0 Å². The van der Waals surface area contributed by atoms with Gasteiger partial charge in [0.2, 0.25) is 5.69 Å². The summed E-state index contributed by atoms with van der Waals surface area (Å²) < 4.78 is 4.34. The van der Waals surface area contributed by atoms with Crippen molar-refractivity contribution in [3.8, 4) is 0 Å². The molecule has 104 valence electrons. The number of para-hydroxylation sites is 1. The maximum absolute atomic E-state index is 3.84. The fraction of sp³-hybridized carbons (Fsp3) is 0.105. The molecule has 2 nitrogen and oxygen atoms in total. The quantitative estimate of drug-likeness (QED) is 0.505. The lowest BCUT2D eigenvalue weighted by molar-refractivity contribution is -0.673. The summed E-state index contributed by atoms with van der Waals surface area (Å²) in [4.78, 5) is 0. The molecule has 0 aliphatic heterocycles. The summed E-state index contributed by atoms with van der Waals surface area (Å²) in [6.07, 6.45) is 10.5. The van der Waals surface area contributed by atoms with Gasteiger partial charge in [-0.25, -0.2) is 4.57 Å². The first-order chi connectivity index (χ1) is 10.3. The van der Waals surface area contributed by atoms with Gasteiger partial charge in [0, 0.05) is 47.4 Å². The Kier molecular flexibility index (Phi) is 3.69. The minimum absolute atomic E-state index is 0.827. The van der Waals surface area contributed by atoms with Gasteiger partial charge in [-0.2, -0.15) is 0 Å². The van der Waals surface area contributed by atoms with Crippen LogP contribution < -0.4 is 4.57 Å². The number of rotatable bonds is 4. The molecule has 1 aromatic carbocycles. The van der Waals surface area contributed by atoms with E-state index in [2.05, 4.69) is 83.7 Å². The van der Waals surface area contributed by atoms with E-state index in [9.17, 15) is 0 Å². The number of benzene rings is 1. The topological polar surface area (TPSA) is 8.81 Å². The van der Waals surface area contributed by atoms with Crippen molar-refractivity contribution < 1.29 is 4.57 Å². The molecule has 0 aliphatic rings. The molecule has 0 N–H and O–H groups in total. The fourth-order valence-corrected chi connectivity index (χ4v) is 2.58. The number of allylic oxidation sites excluding steroid dienone is 1. The van der Waals surface area contributed by atoms with Crippen LogP contribution in [-0.4, -0.2) is 4.57 Å². The monoisotopic (exact) mass is 275 g/mol. The van der Waals surface area contributed by atoms with Crippen LogP contribution >= 0.6 is 0 Å². The maximum atomic E-state index is 3.84. The van der Waals surface area contributed by atoms with E-state index in [4.69, 9.17) is 0 Å². The van der Waals surface area contributed by atoms with Crippen molar-refractivity contribution in [2.45, 2.75) is 6.54 Å². The predicted molar refractivity (Wildman–Crippen MR) is 88.7 cm³/mol. The van der Waals surface area contributed by atoms with E-state index in [-0.39, 0.29) is 0 Å². The maximum Gasteiger partial charge on any atom is 0.204 e. The van der Waals surface area contributed by atoms with Gasteiger partial charge in [0.15, 0.2) is 6.20 Å². The number of hydrogen-bond acceptors (Lipinski definition) is 0. The Hall–Kier alpha value is -2.61. The molecular formula is C19H19N2+. The van der Waals surface area contributed by atoms with E-state index in [0.29, 0.717) is 0 Å². The molecule has 3 aromatic rings. The molecular weight excluding hydrogens is 256 g/mol.